The third kappa shape index (κ3) is 7.35. The monoisotopic (exact) mass is 844 g/mol. The normalized spacial score (nSPS) is 21.9. The van der Waals surface area contributed by atoms with Gasteiger partial charge in [0.25, 0.3) is 0 Å². The summed E-state index contributed by atoms with van der Waals surface area (Å²) in [5, 5.41) is 6.18. The molecular formula is C48H56N6O4S2. The van der Waals surface area contributed by atoms with Gasteiger partial charge in [-0.05, 0) is 95.1 Å². The van der Waals surface area contributed by atoms with Gasteiger partial charge in [0, 0.05) is 86.2 Å². The highest BCUT2D eigenvalue weighted by molar-refractivity contribution is 8.77. The van der Waals surface area contributed by atoms with Crippen molar-refractivity contribution in [3.05, 3.63) is 119 Å². The van der Waals surface area contributed by atoms with Crippen molar-refractivity contribution >= 4 is 79.7 Å². The Hall–Kier alpha value is -4.88. The first-order chi connectivity index (χ1) is 28.6. The maximum absolute atomic E-state index is 13.1. The van der Waals surface area contributed by atoms with E-state index < -0.39 is 11.4 Å². The number of nitrogens with one attached hydrogen (secondary N) is 2. The Labute approximate surface area is 362 Å². The van der Waals surface area contributed by atoms with Crippen LogP contribution < -0.4 is 30.2 Å². The minimum atomic E-state index is -0.633. The van der Waals surface area contributed by atoms with E-state index in [1.165, 1.54) is 21.6 Å². The van der Waals surface area contributed by atoms with Crippen molar-refractivity contribution in [2.45, 2.75) is 50.0 Å². The smallest absolute Gasteiger partial charge is 0.235 e. The minimum Gasteiger partial charge on any atom is -0.378 e. The fourth-order valence-electron chi connectivity index (χ4n) is 9.26. The molecule has 2 unspecified atom stereocenters. The molecule has 4 aromatic rings. The topological polar surface area (TPSA) is 89.6 Å². The van der Waals surface area contributed by atoms with Gasteiger partial charge in [0.2, 0.25) is 11.8 Å². The highest BCUT2D eigenvalue weighted by Gasteiger charge is 2.60. The fourth-order valence-corrected chi connectivity index (χ4v) is 10.9. The molecule has 2 fully saturated rings. The average Bonchev–Trinajstić information content (AvgIpc) is 3.95. The second-order valence-electron chi connectivity index (χ2n) is 17.4. The molecule has 2 atom stereocenters. The van der Waals surface area contributed by atoms with Crippen molar-refractivity contribution in [1.82, 2.24) is 0 Å². The predicted molar refractivity (Wildman–Crippen MR) is 253 cm³/mol. The molecule has 2 N–H and O–H groups in total. The second kappa shape index (κ2) is 16.2. The van der Waals surface area contributed by atoms with Crippen LogP contribution in [0.4, 0.5) is 34.1 Å². The van der Waals surface area contributed by atoms with E-state index >= 15 is 0 Å². The van der Waals surface area contributed by atoms with E-state index in [-0.39, 0.29) is 34.2 Å². The van der Waals surface area contributed by atoms with E-state index in [9.17, 15) is 9.59 Å². The number of rotatable bonds is 13. The first-order valence-corrected chi connectivity index (χ1v) is 23.0. The van der Waals surface area contributed by atoms with Gasteiger partial charge in [-0.1, -0.05) is 85.7 Å². The van der Waals surface area contributed by atoms with Crippen LogP contribution in [0.1, 0.15) is 49.9 Å². The van der Waals surface area contributed by atoms with Crippen LogP contribution in [0.5, 0.6) is 0 Å². The average molecular weight is 845 g/mol. The summed E-state index contributed by atoms with van der Waals surface area (Å²) in [6, 6.07) is 29.3. The summed E-state index contributed by atoms with van der Waals surface area (Å²) >= 11 is 0. The number of fused-ring (bicyclic) bond motifs is 6. The molecule has 0 bridgehead atoms. The first kappa shape index (κ1) is 41.8. The number of anilines is 6. The fraction of sp³-hybridized carbons (Fsp3) is 0.375. The number of benzene rings is 4. The van der Waals surface area contributed by atoms with Gasteiger partial charge >= 0.3 is 0 Å². The Morgan fingerprint density at radius 2 is 1.00 bits per heavy atom. The second-order valence-corrected chi connectivity index (χ2v) is 19.8. The van der Waals surface area contributed by atoms with Crippen molar-refractivity contribution in [2.75, 3.05) is 96.2 Å². The lowest BCUT2D eigenvalue weighted by molar-refractivity contribution is -0.114. The van der Waals surface area contributed by atoms with Gasteiger partial charge in [-0.2, -0.15) is 0 Å². The zero-order valence-electron chi connectivity index (χ0n) is 35.9. The van der Waals surface area contributed by atoms with Crippen molar-refractivity contribution in [3.8, 4) is 0 Å². The molecule has 0 radical (unpaired) electrons. The summed E-state index contributed by atoms with van der Waals surface area (Å²) in [4.78, 5) is 35.1. The first-order valence-electron chi connectivity index (χ1n) is 20.5. The molecule has 60 heavy (non-hydrogen) atoms. The summed E-state index contributed by atoms with van der Waals surface area (Å²) in [6.45, 7) is 11.7. The van der Waals surface area contributed by atoms with Gasteiger partial charge in [-0.3, -0.25) is 9.59 Å². The summed E-state index contributed by atoms with van der Waals surface area (Å²) in [5.41, 5.74) is 8.51. The quantitative estimate of drug-likeness (QED) is 0.101. The largest absolute Gasteiger partial charge is 0.378 e. The van der Waals surface area contributed by atoms with Crippen LogP contribution in [0, 0.1) is 0 Å². The Kier molecular flexibility index (Phi) is 11.3. The van der Waals surface area contributed by atoms with Gasteiger partial charge in [0.1, 0.15) is 0 Å². The molecule has 8 rings (SSSR count). The summed E-state index contributed by atoms with van der Waals surface area (Å²) in [6.07, 6.45) is 8.68. The summed E-state index contributed by atoms with van der Waals surface area (Å²) in [5.74, 6) is 0.193. The van der Waals surface area contributed by atoms with Crippen LogP contribution in [0.3, 0.4) is 0 Å². The van der Waals surface area contributed by atoms with E-state index in [1.807, 2.05) is 40.3 Å². The maximum atomic E-state index is 13.1. The molecule has 4 heterocycles. The molecule has 314 valence electrons. The molecular weight excluding hydrogens is 789 g/mol. The van der Waals surface area contributed by atoms with Crippen LogP contribution in [-0.4, -0.2) is 89.3 Å². The standard InChI is InChI=1S/C48H56N6O4S2/c1-45(2)39-29-35(13-19-41(39)53-25-27-57-47(45,53)23-21-33-9-15-37(16-10-33)51(5)6)49-43(55)31-59-60-32-44(56)50-36-14-20-42-40(30-36)46(3,4)48(54(42)26-28-58-48)24-22-34-11-17-38(18-12-34)52(7)8/h9-24,29-30H,25-28,31-32H2,1-8H3,(H,49,55)(H,50,56)/b23-21+,24-22+. The molecule has 4 aliphatic rings. The molecule has 10 nitrogen and oxygen atoms in total. The zero-order valence-corrected chi connectivity index (χ0v) is 37.5. The number of amides is 2. The SMILES string of the molecule is CN(C)c1ccc(/C=C/C23OCCN2c2ccc(NC(=O)CSSCC(=O)Nc4ccc5c(c4)C(C)(C)C4(/C=C/c6ccc(N(C)C)cc6)OCCN54)cc2C3(C)C)cc1. The van der Waals surface area contributed by atoms with Crippen molar-refractivity contribution in [1.29, 1.82) is 0 Å². The molecule has 0 aromatic heterocycles. The van der Waals surface area contributed by atoms with E-state index in [0.29, 0.717) is 13.2 Å². The van der Waals surface area contributed by atoms with E-state index in [1.54, 1.807) is 0 Å². The molecule has 2 saturated heterocycles. The Bertz CT molecular complexity index is 2160. The highest BCUT2D eigenvalue weighted by Crippen LogP contribution is 2.57. The number of nitrogens with zero attached hydrogens (tertiary/aromatic N) is 4. The molecule has 0 aliphatic carbocycles. The molecule has 2 amide bonds. The van der Waals surface area contributed by atoms with Crippen LogP contribution >= 0.6 is 21.6 Å². The third-order valence-electron chi connectivity index (χ3n) is 12.6. The van der Waals surface area contributed by atoms with Crippen LogP contribution in [-0.2, 0) is 29.9 Å². The zero-order chi connectivity index (χ0) is 42.5. The Morgan fingerprint density at radius 3 is 1.37 bits per heavy atom. The third-order valence-corrected chi connectivity index (χ3v) is 14.8. The number of hydrogen-bond donors (Lipinski definition) is 2. The van der Waals surface area contributed by atoms with Gasteiger partial charge in [0.15, 0.2) is 11.4 Å². The van der Waals surface area contributed by atoms with Gasteiger partial charge in [-0.25, -0.2) is 0 Å². The molecule has 0 saturated carbocycles. The predicted octanol–water partition coefficient (Wildman–Crippen LogP) is 8.85. The lowest BCUT2D eigenvalue weighted by atomic mass is 9.77. The van der Waals surface area contributed by atoms with E-state index in [4.69, 9.17) is 9.47 Å². The molecule has 0 spiro atoms. The van der Waals surface area contributed by atoms with Crippen LogP contribution in [0.15, 0.2) is 97.1 Å². The van der Waals surface area contributed by atoms with E-state index in [0.717, 1.165) is 69.5 Å². The molecule has 4 aromatic carbocycles. The minimum absolute atomic E-state index is 0.117. The van der Waals surface area contributed by atoms with Crippen molar-refractivity contribution < 1.29 is 19.1 Å². The highest BCUT2D eigenvalue weighted by atomic mass is 33.1. The number of ether oxygens (including phenoxy) is 2. The number of hydrogen-bond acceptors (Lipinski definition) is 10. The maximum Gasteiger partial charge on any atom is 0.235 e. The van der Waals surface area contributed by atoms with Gasteiger partial charge in [0.05, 0.1) is 24.7 Å². The lowest BCUT2D eigenvalue weighted by Gasteiger charge is -2.39. The Balaban J connectivity index is 0.848. The number of carbonyl (C=O) groups is 2. The summed E-state index contributed by atoms with van der Waals surface area (Å²) in [7, 11) is 10.9. The lowest BCUT2D eigenvalue weighted by Crippen LogP contribution is -2.51. The van der Waals surface area contributed by atoms with Gasteiger partial charge < -0.3 is 39.7 Å². The molecule has 4 aliphatic heterocycles. The van der Waals surface area contributed by atoms with Gasteiger partial charge in [-0.15, -0.1) is 0 Å². The van der Waals surface area contributed by atoms with Crippen LogP contribution in [0.25, 0.3) is 12.2 Å². The van der Waals surface area contributed by atoms with E-state index in [2.05, 4.69) is 155 Å². The van der Waals surface area contributed by atoms with Crippen LogP contribution in [0.2, 0.25) is 0 Å². The van der Waals surface area contributed by atoms with Crippen molar-refractivity contribution in [3.63, 3.8) is 0 Å². The van der Waals surface area contributed by atoms with Crippen molar-refractivity contribution in [2.24, 2.45) is 0 Å². The summed E-state index contributed by atoms with van der Waals surface area (Å²) < 4.78 is 13.1. The Morgan fingerprint density at radius 1 is 0.617 bits per heavy atom. The number of carbonyl (C=O) groups excluding carboxylic acids is 2. The molecule has 12 heteroatoms.